The molecule has 0 saturated carbocycles. The van der Waals surface area contributed by atoms with Crippen LogP contribution in [0.1, 0.15) is 20.7 Å². The number of H-pyrrole nitrogens is 1. The van der Waals surface area contributed by atoms with Crippen LogP contribution in [0.2, 0.25) is 5.02 Å². The quantitative estimate of drug-likeness (QED) is 0.736. The molecule has 3 aromatic rings. The Hall–Kier alpha value is -2.93. The van der Waals surface area contributed by atoms with Gasteiger partial charge in [0.2, 0.25) is 0 Å². The van der Waals surface area contributed by atoms with Crippen molar-refractivity contribution in [2.24, 2.45) is 0 Å². The van der Waals surface area contributed by atoms with Crippen molar-refractivity contribution in [2.45, 2.75) is 0 Å². The van der Waals surface area contributed by atoms with E-state index in [9.17, 15) is 14.0 Å². The molecule has 27 heavy (non-hydrogen) atoms. The van der Waals surface area contributed by atoms with Gasteiger partial charge in [-0.15, -0.1) is 0 Å². The van der Waals surface area contributed by atoms with Crippen LogP contribution in [0.5, 0.6) is 0 Å². The minimum absolute atomic E-state index is 0.00964. The van der Waals surface area contributed by atoms with E-state index in [0.29, 0.717) is 31.7 Å². The van der Waals surface area contributed by atoms with E-state index in [1.54, 1.807) is 28.1 Å². The number of nitrogens with zero attached hydrogens (tertiary/aromatic N) is 3. The molecule has 1 saturated heterocycles. The van der Waals surface area contributed by atoms with Crippen molar-refractivity contribution in [1.29, 1.82) is 0 Å². The number of aromatic amines is 1. The third-order valence-corrected chi connectivity index (χ3v) is 4.94. The molecule has 138 valence electrons. The molecule has 0 atom stereocenters. The highest BCUT2D eigenvalue weighted by Gasteiger charge is 2.27. The first-order valence-electron chi connectivity index (χ1n) is 8.49. The molecule has 1 N–H and O–H groups in total. The molecule has 4 rings (SSSR count). The van der Waals surface area contributed by atoms with E-state index in [1.807, 2.05) is 6.07 Å². The Bertz CT molecular complexity index is 1030. The summed E-state index contributed by atoms with van der Waals surface area (Å²) in [5.74, 6) is -1.13. The zero-order valence-electron chi connectivity index (χ0n) is 14.3. The Morgan fingerprint density at radius 1 is 1.00 bits per heavy atom. The van der Waals surface area contributed by atoms with Gasteiger partial charge >= 0.3 is 0 Å². The van der Waals surface area contributed by atoms with Crippen molar-refractivity contribution in [3.8, 4) is 0 Å². The van der Waals surface area contributed by atoms with Crippen LogP contribution in [0.4, 0.5) is 4.39 Å². The molecule has 0 bridgehead atoms. The lowest BCUT2D eigenvalue weighted by Crippen LogP contribution is -2.50. The molecule has 1 fully saturated rings. The molecular weight excluding hydrogens is 371 g/mol. The van der Waals surface area contributed by atoms with E-state index >= 15 is 0 Å². The first-order chi connectivity index (χ1) is 13.0. The number of carbonyl (C=O) groups is 2. The fourth-order valence-electron chi connectivity index (χ4n) is 3.20. The van der Waals surface area contributed by atoms with Crippen LogP contribution in [0.25, 0.3) is 10.9 Å². The lowest BCUT2D eigenvalue weighted by atomic mass is 10.1. The Kier molecular flexibility index (Phi) is 4.53. The molecule has 0 unspecified atom stereocenters. The Labute approximate surface area is 159 Å². The summed E-state index contributed by atoms with van der Waals surface area (Å²) >= 11 is 5.73. The van der Waals surface area contributed by atoms with Gasteiger partial charge in [-0.25, -0.2) is 4.39 Å². The molecular formula is C19H16ClFN4O2. The molecule has 0 spiro atoms. The predicted octanol–water partition coefficient (Wildman–Crippen LogP) is 2.95. The summed E-state index contributed by atoms with van der Waals surface area (Å²) in [5.41, 5.74) is 1.43. The number of amides is 2. The van der Waals surface area contributed by atoms with Crippen molar-refractivity contribution in [2.75, 3.05) is 26.2 Å². The average Bonchev–Trinajstić information content (AvgIpc) is 3.15. The summed E-state index contributed by atoms with van der Waals surface area (Å²) in [6.07, 6.45) is 1.67. The van der Waals surface area contributed by atoms with Crippen LogP contribution in [-0.2, 0) is 0 Å². The third-order valence-electron chi connectivity index (χ3n) is 4.70. The van der Waals surface area contributed by atoms with Crippen molar-refractivity contribution in [3.63, 3.8) is 0 Å². The first kappa shape index (κ1) is 17.5. The van der Waals surface area contributed by atoms with Crippen molar-refractivity contribution in [1.82, 2.24) is 20.0 Å². The van der Waals surface area contributed by atoms with Crippen LogP contribution >= 0.6 is 11.6 Å². The van der Waals surface area contributed by atoms with Gasteiger partial charge in [-0.2, -0.15) is 5.10 Å². The molecule has 2 aromatic carbocycles. The van der Waals surface area contributed by atoms with Gasteiger partial charge in [-0.1, -0.05) is 11.6 Å². The molecule has 1 aliphatic rings. The maximum Gasteiger partial charge on any atom is 0.256 e. The number of nitrogens with one attached hydrogen (secondary N) is 1. The van der Waals surface area contributed by atoms with Crippen LogP contribution < -0.4 is 0 Å². The number of carbonyl (C=O) groups excluding carboxylic acids is 2. The Balaban J connectivity index is 1.43. The molecule has 1 aliphatic heterocycles. The molecule has 6 nitrogen and oxygen atoms in total. The van der Waals surface area contributed by atoms with E-state index in [4.69, 9.17) is 11.6 Å². The molecule has 0 radical (unpaired) electrons. The maximum atomic E-state index is 14.0. The highest BCUT2D eigenvalue weighted by Crippen LogP contribution is 2.19. The summed E-state index contributed by atoms with van der Waals surface area (Å²) < 4.78 is 14.0. The number of hydrogen-bond donors (Lipinski definition) is 1. The lowest BCUT2D eigenvalue weighted by molar-refractivity contribution is 0.0533. The fraction of sp³-hybridized carbons (Fsp3) is 0.211. The van der Waals surface area contributed by atoms with Gasteiger partial charge in [0.05, 0.1) is 17.3 Å². The summed E-state index contributed by atoms with van der Waals surface area (Å²) in [6, 6.07) is 9.37. The smallest absolute Gasteiger partial charge is 0.256 e. The van der Waals surface area contributed by atoms with Crippen LogP contribution in [0.3, 0.4) is 0 Å². The van der Waals surface area contributed by atoms with E-state index in [-0.39, 0.29) is 16.5 Å². The van der Waals surface area contributed by atoms with Crippen LogP contribution in [-0.4, -0.2) is 58.0 Å². The summed E-state index contributed by atoms with van der Waals surface area (Å²) in [5, 5.41) is 7.91. The number of benzene rings is 2. The van der Waals surface area contributed by atoms with Crippen LogP contribution in [0.15, 0.2) is 42.6 Å². The molecule has 0 aliphatic carbocycles. The number of piperazine rings is 1. The van der Waals surface area contributed by atoms with Gasteiger partial charge in [0.15, 0.2) is 0 Å². The van der Waals surface area contributed by atoms with Gasteiger partial charge in [0.1, 0.15) is 5.82 Å². The Morgan fingerprint density at radius 2 is 1.70 bits per heavy atom. The first-order valence-corrected chi connectivity index (χ1v) is 8.87. The molecule has 1 aromatic heterocycles. The van der Waals surface area contributed by atoms with Crippen molar-refractivity contribution in [3.05, 3.63) is 64.6 Å². The fourth-order valence-corrected chi connectivity index (χ4v) is 3.36. The SMILES string of the molecule is O=C(c1ccc2[nH]ncc2c1)N1CCN(C(=O)c2ccc(Cl)cc2F)CC1. The minimum atomic E-state index is -0.639. The highest BCUT2D eigenvalue weighted by atomic mass is 35.5. The summed E-state index contributed by atoms with van der Waals surface area (Å²) in [6.45, 7) is 1.48. The van der Waals surface area contributed by atoms with Gasteiger partial charge < -0.3 is 9.80 Å². The lowest BCUT2D eigenvalue weighted by Gasteiger charge is -2.35. The molecule has 2 amide bonds. The molecule has 8 heteroatoms. The average molecular weight is 387 g/mol. The van der Waals surface area contributed by atoms with E-state index < -0.39 is 11.7 Å². The predicted molar refractivity (Wildman–Crippen MR) is 99.3 cm³/mol. The second-order valence-corrected chi connectivity index (χ2v) is 6.82. The summed E-state index contributed by atoms with van der Waals surface area (Å²) in [4.78, 5) is 28.5. The largest absolute Gasteiger partial charge is 0.335 e. The molecule has 2 heterocycles. The van der Waals surface area contributed by atoms with Gasteiger partial charge in [0, 0.05) is 42.2 Å². The van der Waals surface area contributed by atoms with E-state index in [2.05, 4.69) is 10.2 Å². The van der Waals surface area contributed by atoms with E-state index in [1.165, 1.54) is 12.1 Å². The normalized spacial score (nSPS) is 14.6. The highest BCUT2D eigenvalue weighted by molar-refractivity contribution is 6.30. The number of aromatic nitrogens is 2. The van der Waals surface area contributed by atoms with E-state index in [0.717, 1.165) is 17.0 Å². The van der Waals surface area contributed by atoms with Gasteiger partial charge in [-0.05, 0) is 36.4 Å². The maximum absolute atomic E-state index is 14.0. The van der Waals surface area contributed by atoms with Crippen LogP contribution in [0, 0.1) is 5.82 Å². The van der Waals surface area contributed by atoms with Gasteiger partial charge in [-0.3, -0.25) is 14.7 Å². The Morgan fingerprint density at radius 3 is 2.41 bits per heavy atom. The summed E-state index contributed by atoms with van der Waals surface area (Å²) in [7, 11) is 0. The van der Waals surface area contributed by atoms with Crippen molar-refractivity contribution < 1.29 is 14.0 Å². The van der Waals surface area contributed by atoms with Crippen molar-refractivity contribution >= 4 is 34.3 Å². The second-order valence-electron chi connectivity index (χ2n) is 6.38. The zero-order valence-corrected chi connectivity index (χ0v) is 15.0. The topological polar surface area (TPSA) is 69.3 Å². The monoisotopic (exact) mass is 386 g/mol. The third kappa shape index (κ3) is 3.38. The number of halogens is 2. The number of fused-ring (bicyclic) bond motifs is 1. The second kappa shape index (κ2) is 7.00. The number of hydrogen-bond acceptors (Lipinski definition) is 3. The zero-order chi connectivity index (χ0) is 19.0. The minimum Gasteiger partial charge on any atom is -0.335 e. The standard InChI is InChI=1S/C19H16ClFN4O2/c20-14-2-3-15(16(21)10-14)19(27)25-7-5-24(6-8-25)18(26)12-1-4-17-13(9-12)11-22-23-17/h1-4,9-11H,5-8H2,(H,22,23). The number of rotatable bonds is 2. The van der Waals surface area contributed by atoms with Gasteiger partial charge in [0.25, 0.3) is 11.8 Å².